The van der Waals surface area contributed by atoms with Gasteiger partial charge < -0.3 is 15.0 Å². The first-order valence-corrected chi connectivity index (χ1v) is 9.90. The molecule has 4 atom stereocenters. The second kappa shape index (κ2) is 7.23. The number of hydrogen-bond donors (Lipinski definition) is 4. The minimum absolute atomic E-state index is 0.0294. The van der Waals surface area contributed by atoms with Crippen LogP contribution in [-0.4, -0.2) is 74.1 Å². The molecule has 1 aromatic rings. The molecule has 4 aliphatic rings. The average Bonchev–Trinajstić information content (AvgIpc) is 3.34. The Labute approximate surface area is 158 Å². The van der Waals surface area contributed by atoms with Crippen molar-refractivity contribution in [1.82, 2.24) is 31.4 Å². The van der Waals surface area contributed by atoms with Gasteiger partial charge >= 0.3 is 6.09 Å². The smallest absolute Gasteiger partial charge is 0.411 e. The number of hydrazine groups is 1. The number of nitrogens with zero attached hydrogens (tertiary/aromatic N) is 3. The molecule has 5 rings (SSSR count). The van der Waals surface area contributed by atoms with E-state index in [1.54, 1.807) is 0 Å². The molecule has 0 bridgehead atoms. The van der Waals surface area contributed by atoms with Crippen molar-refractivity contribution in [2.45, 2.75) is 24.7 Å². The molecular weight excluding hydrogens is 346 g/mol. The monoisotopic (exact) mass is 373 g/mol. The van der Waals surface area contributed by atoms with E-state index in [2.05, 4.69) is 44.6 Å². The van der Waals surface area contributed by atoms with Crippen LogP contribution in [0.15, 0.2) is 18.2 Å². The summed E-state index contributed by atoms with van der Waals surface area (Å²) in [5, 5.41) is 6.87. The highest BCUT2D eigenvalue weighted by atomic mass is 16.6. The first kappa shape index (κ1) is 17.2. The minimum Gasteiger partial charge on any atom is -0.447 e. The van der Waals surface area contributed by atoms with Crippen LogP contribution >= 0.6 is 0 Å². The fourth-order valence-electron chi connectivity index (χ4n) is 4.65. The summed E-state index contributed by atoms with van der Waals surface area (Å²) in [7, 11) is 0. The van der Waals surface area contributed by atoms with Gasteiger partial charge in [0.05, 0.1) is 24.4 Å². The summed E-state index contributed by atoms with van der Waals surface area (Å²) in [6, 6.07) is 6.77. The third kappa shape index (κ3) is 3.25. The Balaban J connectivity index is 1.33. The number of hydrogen-bond acceptors (Lipinski definition) is 8. The lowest BCUT2D eigenvalue weighted by molar-refractivity contribution is 0.115. The largest absolute Gasteiger partial charge is 0.447 e. The molecule has 0 saturated carbocycles. The molecule has 27 heavy (non-hydrogen) atoms. The molecule has 0 radical (unpaired) electrons. The second-order valence-corrected chi connectivity index (χ2v) is 7.66. The van der Waals surface area contributed by atoms with Gasteiger partial charge in [0, 0.05) is 44.7 Å². The summed E-state index contributed by atoms with van der Waals surface area (Å²) < 4.78 is 5.12. The average molecular weight is 373 g/mol. The van der Waals surface area contributed by atoms with Gasteiger partial charge in [-0.3, -0.25) is 15.6 Å². The van der Waals surface area contributed by atoms with Crippen LogP contribution < -0.4 is 26.4 Å². The van der Waals surface area contributed by atoms with E-state index in [1.807, 2.05) is 4.90 Å². The zero-order valence-electron chi connectivity index (χ0n) is 15.4. The zero-order valence-corrected chi connectivity index (χ0v) is 15.4. The number of amides is 1. The van der Waals surface area contributed by atoms with E-state index in [1.165, 1.54) is 0 Å². The van der Waals surface area contributed by atoms with Crippen molar-refractivity contribution in [3.8, 4) is 0 Å². The molecule has 0 aromatic carbocycles. The van der Waals surface area contributed by atoms with E-state index < -0.39 is 0 Å². The lowest BCUT2D eigenvalue weighted by Crippen LogP contribution is -2.56. The number of carbonyl (C=O) groups is 1. The molecule has 4 unspecified atom stereocenters. The lowest BCUT2D eigenvalue weighted by atomic mass is 9.85. The van der Waals surface area contributed by atoms with Crippen molar-refractivity contribution in [3.63, 3.8) is 0 Å². The third-order valence-electron chi connectivity index (χ3n) is 6.12. The Hall–Kier alpha value is -1.94. The Morgan fingerprint density at radius 2 is 2.04 bits per heavy atom. The summed E-state index contributed by atoms with van der Waals surface area (Å²) in [6.45, 7) is 5.94. The van der Waals surface area contributed by atoms with Gasteiger partial charge in [-0.05, 0) is 18.6 Å². The first-order chi connectivity index (χ1) is 13.3. The van der Waals surface area contributed by atoms with Gasteiger partial charge in [-0.15, -0.1) is 0 Å². The van der Waals surface area contributed by atoms with Crippen LogP contribution in [0.4, 0.5) is 10.6 Å². The fourth-order valence-corrected chi connectivity index (χ4v) is 4.65. The Morgan fingerprint density at radius 1 is 1.15 bits per heavy atom. The van der Waals surface area contributed by atoms with E-state index in [0.29, 0.717) is 25.1 Å². The number of fused-ring (bicyclic) bond motifs is 1. The van der Waals surface area contributed by atoms with Gasteiger partial charge in [-0.2, -0.15) is 0 Å². The molecule has 1 amide bonds. The summed E-state index contributed by atoms with van der Waals surface area (Å²) in [5.74, 6) is 1.42. The number of piperazine rings is 1. The quantitative estimate of drug-likeness (QED) is 0.558. The lowest BCUT2D eigenvalue weighted by Gasteiger charge is -2.37. The Bertz CT molecular complexity index is 696. The predicted molar refractivity (Wildman–Crippen MR) is 100 cm³/mol. The van der Waals surface area contributed by atoms with Crippen LogP contribution in [0.5, 0.6) is 0 Å². The van der Waals surface area contributed by atoms with Crippen molar-refractivity contribution in [1.29, 1.82) is 0 Å². The van der Waals surface area contributed by atoms with Crippen molar-refractivity contribution < 1.29 is 9.53 Å². The SMILES string of the molecule is O=C1OCCN1C1CC2C(CN1)NNC2c1cccc(N2CCNCC2)n1. The number of ether oxygens (including phenoxy) is 1. The van der Waals surface area contributed by atoms with Crippen LogP contribution in [0, 0.1) is 5.92 Å². The van der Waals surface area contributed by atoms with Gasteiger partial charge in [0.1, 0.15) is 12.4 Å². The van der Waals surface area contributed by atoms with Crippen LogP contribution in [-0.2, 0) is 4.74 Å². The van der Waals surface area contributed by atoms with Crippen LogP contribution in [0.25, 0.3) is 0 Å². The maximum absolute atomic E-state index is 11.9. The molecule has 5 heterocycles. The van der Waals surface area contributed by atoms with E-state index in [9.17, 15) is 4.79 Å². The first-order valence-electron chi connectivity index (χ1n) is 9.90. The zero-order chi connectivity index (χ0) is 18.2. The molecule has 4 aliphatic heterocycles. The second-order valence-electron chi connectivity index (χ2n) is 7.66. The van der Waals surface area contributed by atoms with Gasteiger partial charge in [-0.25, -0.2) is 15.2 Å². The fraction of sp³-hybridized carbons (Fsp3) is 0.667. The third-order valence-corrected chi connectivity index (χ3v) is 6.12. The number of carbonyl (C=O) groups excluding carboxylic acids is 1. The van der Waals surface area contributed by atoms with Crippen molar-refractivity contribution >= 4 is 11.9 Å². The number of rotatable bonds is 3. The molecule has 4 N–H and O–H groups in total. The number of piperidine rings is 1. The maximum atomic E-state index is 11.9. The molecule has 0 aliphatic carbocycles. The highest BCUT2D eigenvalue weighted by Gasteiger charge is 2.44. The molecule has 9 nitrogen and oxygen atoms in total. The number of cyclic esters (lactones) is 1. The van der Waals surface area contributed by atoms with Gasteiger partial charge in [0.15, 0.2) is 0 Å². The van der Waals surface area contributed by atoms with Gasteiger partial charge in [0.2, 0.25) is 0 Å². The summed E-state index contributed by atoms with van der Waals surface area (Å²) in [5.41, 5.74) is 7.93. The number of anilines is 1. The molecule has 9 heteroatoms. The van der Waals surface area contributed by atoms with E-state index >= 15 is 0 Å². The van der Waals surface area contributed by atoms with Gasteiger partial charge in [-0.1, -0.05) is 6.07 Å². The molecular formula is C18H27N7O2. The molecule has 146 valence electrons. The van der Waals surface area contributed by atoms with Crippen LogP contribution in [0.3, 0.4) is 0 Å². The van der Waals surface area contributed by atoms with E-state index in [4.69, 9.17) is 9.72 Å². The van der Waals surface area contributed by atoms with Crippen LogP contribution in [0.1, 0.15) is 18.2 Å². The normalized spacial score (nSPS) is 33.9. The summed E-state index contributed by atoms with van der Waals surface area (Å²) >= 11 is 0. The van der Waals surface area contributed by atoms with Crippen molar-refractivity contribution in [2.75, 3.05) is 50.8 Å². The van der Waals surface area contributed by atoms with E-state index in [0.717, 1.165) is 50.7 Å². The highest BCUT2D eigenvalue weighted by Crippen LogP contribution is 2.35. The maximum Gasteiger partial charge on any atom is 0.411 e. The molecule has 4 fully saturated rings. The molecule has 4 saturated heterocycles. The highest BCUT2D eigenvalue weighted by molar-refractivity contribution is 5.69. The predicted octanol–water partition coefficient (Wildman–Crippen LogP) is -0.603. The molecule has 0 spiro atoms. The van der Waals surface area contributed by atoms with E-state index in [-0.39, 0.29) is 18.3 Å². The standard InChI is InChI=1S/C18H27N7O2/c26-18-25(8-9-27-18)16-10-12-14(11-20-16)22-23-17(12)13-2-1-3-15(21-13)24-6-4-19-5-7-24/h1-3,12,14,16-17,19-20,22-23H,4-11H2. The Morgan fingerprint density at radius 3 is 2.85 bits per heavy atom. The van der Waals surface area contributed by atoms with Gasteiger partial charge in [0.25, 0.3) is 0 Å². The Kier molecular flexibility index (Phi) is 4.60. The summed E-state index contributed by atoms with van der Waals surface area (Å²) in [6.07, 6.45) is 0.700. The minimum atomic E-state index is -0.208. The number of pyridine rings is 1. The van der Waals surface area contributed by atoms with Crippen molar-refractivity contribution in [2.24, 2.45) is 5.92 Å². The number of aromatic nitrogens is 1. The summed E-state index contributed by atoms with van der Waals surface area (Å²) in [4.78, 5) is 21.1. The van der Waals surface area contributed by atoms with Crippen molar-refractivity contribution in [3.05, 3.63) is 23.9 Å². The number of nitrogens with one attached hydrogen (secondary N) is 4. The van der Waals surface area contributed by atoms with Crippen LogP contribution in [0.2, 0.25) is 0 Å². The molecule has 1 aromatic heterocycles. The topological polar surface area (TPSA) is 93.8 Å².